The van der Waals surface area contributed by atoms with E-state index in [1.165, 1.54) is 11.6 Å². The summed E-state index contributed by atoms with van der Waals surface area (Å²) in [5.74, 6) is 1.07. The van der Waals surface area contributed by atoms with Crippen LogP contribution in [0.2, 0.25) is 0 Å². The predicted molar refractivity (Wildman–Crippen MR) is 123 cm³/mol. The van der Waals surface area contributed by atoms with Gasteiger partial charge in [-0.05, 0) is 47.9 Å². The Kier molecular flexibility index (Phi) is 6.18. The number of ether oxygens (including phenoxy) is 1. The van der Waals surface area contributed by atoms with Crippen molar-refractivity contribution < 1.29 is 4.74 Å². The third-order valence-electron chi connectivity index (χ3n) is 4.73. The van der Waals surface area contributed by atoms with Gasteiger partial charge in [0, 0.05) is 11.6 Å². The van der Waals surface area contributed by atoms with E-state index < -0.39 is 0 Å². The molecule has 1 aromatic heterocycles. The number of rotatable bonds is 7. The molecule has 0 saturated heterocycles. The number of H-pyrrole nitrogens is 1. The molecule has 0 saturated carbocycles. The molecule has 0 aliphatic carbocycles. The van der Waals surface area contributed by atoms with Gasteiger partial charge >= 0.3 is 0 Å². The summed E-state index contributed by atoms with van der Waals surface area (Å²) < 4.78 is 5.86. The summed E-state index contributed by atoms with van der Waals surface area (Å²) in [6, 6.07) is 26.8. The van der Waals surface area contributed by atoms with Gasteiger partial charge < -0.3 is 4.74 Å². The molecule has 2 N–H and O–H groups in total. The van der Waals surface area contributed by atoms with Crippen LogP contribution in [0.4, 0.5) is 5.95 Å². The van der Waals surface area contributed by atoms with Crippen molar-refractivity contribution in [3.63, 3.8) is 0 Å². The molecular weight excluding hydrogens is 388 g/mol. The zero-order valence-electron chi connectivity index (χ0n) is 17.1. The quantitative estimate of drug-likeness (QED) is 0.340. The third-order valence-corrected chi connectivity index (χ3v) is 4.73. The number of aryl methyl sites for hydroxylation is 1. The Bertz CT molecular complexity index is 1230. The molecule has 0 spiro atoms. The predicted octanol–water partition coefficient (Wildman–Crippen LogP) is 4.77. The molecule has 31 heavy (non-hydrogen) atoms. The Morgan fingerprint density at radius 3 is 2.52 bits per heavy atom. The van der Waals surface area contributed by atoms with Gasteiger partial charge in [0.2, 0.25) is 5.95 Å². The number of hydrogen-bond acceptors (Lipinski definition) is 5. The standard InChI is InChI=1S/C25H22N4O2/c1-18-7-5-6-10-21(18)17-31-22-13-11-19(12-14-22)16-26-29-25-27-23(15-24(30)28-25)20-8-3-2-4-9-20/h2-16H,17H2,1H3,(H2,27,28,29,30)/b26-16+. The third kappa shape index (κ3) is 5.45. The van der Waals surface area contributed by atoms with Gasteiger partial charge in [0.05, 0.1) is 11.9 Å². The van der Waals surface area contributed by atoms with Crippen molar-refractivity contribution in [1.29, 1.82) is 0 Å². The van der Waals surface area contributed by atoms with Crippen molar-refractivity contribution in [2.24, 2.45) is 5.10 Å². The highest BCUT2D eigenvalue weighted by atomic mass is 16.5. The number of aromatic nitrogens is 2. The molecular formula is C25H22N4O2. The molecule has 4 aromatic rings. The second-order valence-corrected chi connectivity index (χ2v) is 7.00. The average Bonchev–Trinajstić information content (AvgIpc) is 2.80. The van der Waals surface area contributed by atoms with Gasteiger partial charge in [0.25, 0.3) is 5.56 Å². The zero-order valence-corrected chi connectivity index (χ0v) is 17.1. The van der Waals surface area contributed by atoms with E-state index in [9.17, 15) is 4.79 Å². The smallest absolute Gasteiger partial charge is 0.252 e. The maximum absolute atomic E-state index is 11.9. The Balaban J connectivity index is 1.38. The number of hydrogen-bond donors (Lipinski definition) is 2. The van der Waals surface area contributed by atoms with Gasteiger partial charge in [-0.25, -0.2) is 10.4 Å². The summed E-state index contributed by atoms with van der Waals surface area (Å²) in [7, 11) is 0. The van der Waals surface area contributed by atoms with E-state index in [4.69, 9.17) is 4.74 Å². The summed E-state index contributed by atoms with van der Waals surface area (Å²) in [6.45, 7) is 2.60. The molecule has 0 amide bonds. The maximum atomic E-state index is 11.9. The van der Waals surface area contributed by atoms with Crippen molar-refractivity contribution in [2.45, 2.75) is 13.5 Å². The summed E-state index contributed by atoms with van der Waals surface area (Å²) in [4.78, 5) is 19.0. The van der Waals surface area contributed by atoms with Crippen LogP contribution >= 0.6 is 0 Å². The highest BCUT2D eigenvalue weighted by Gasteiger charge is 2.03. The second kappa shape index (κ2) is 9.54. The fourth-order valence-electron chi connectivity index (χ4n) is 3.02. The molecule has 0 radical (unpaired) electrons. The highest BCUT2D eigenvalue weighted by molar-refractivity contribution is 5.80. The number of hydrazone groups is 1. The normalized spacial score (nSPS) is 10.9. The fourth-order valence-corrected chi connectivity index (χ4v) is 3.02. The number of benzene rings is 3. The van der Waals surface area contributed by atoms with Gasteiger partial charge in [0.15, 0.2) is 0 Å². The SMILES string of the molecule is Cc1ccccc1COc1ccc(/C=N/Nc2nc(-c3ccccc3)cc(=O)[nH]2)cc1. The first-order chi connectivity index (χ1) is 15.2. The molecule has 6 heteroatoms. The Hall–Kier alpha value is -4.19. The minimum absolute atomic E-state index is 0.248. The van der Waals surface area contributed by atoms with Crippen LogP contribution in [0.3, 0.4) is 0 Å². The van der Waals surface area contributed by atoms with Crippen LogP contribution in [0.15, 0.2) is 94.8 Å². The Labute approximate surface area is 180 Å². The van der Waals surface area contributed by atoms with Gasteiger partial charge in [-0.2, -0.15) is 5.10 Å². The summed E-state index contributed by atoms with van der Waals surface area (Å²) >= 11 is 0. The van der Waals surface area contributed by atoms with Crippen LogP contribution in [-0.4, -0.2) is 16.2 Å². The van der Waals surface area contributed by atoms with E-state index in [1.807, 2.05) is 66.7 Å². The molecule has 0 atom stereocenters. The van der Waals surface area contributed by atoms with Crippen molar-refractivity contribution >= 4 is 12.2 Å². The molecule has 6 nitrogen and oxygen atoms in total. The summed E-state index contributed by atoms with van der Waals surface area (Å²) in [6.07, 6.45) is 1.65. The minimum Gasteiger partial charge on any atom is -0.489 e. The molecule has 0 bridgehead atoms. The highest BCUT2D eigenvalue weighted by Crippen LogP contribution is 2.16. The first-order valence-corrected chi connectivity index (χ1v) is 9.90. The molecule has 0 unspecified atom stereocenters. The average molecular weight is 410 g/mol. The molecule has 3 aromatic carbocycles. The van der Waals surface area contributed by atoms with E-state index >= 15 is 0 Å². The monoisotopic (exact) mass is 410 g/mol. The lowest BCUT2D eigenvalue weighted by Gasteiger charge is -2.08. The van der Waals surface area contributed by atoms with Gasteiger partial charge in [-0.15, -0.1) is 0 Å². The molecule has 154 valence electrons. The molecule has 0 fully saturated rings. The van der Waals surface area contributed by atoms with Crippen LogP contribution in [0.5, 0.6) is 5.75 Å². The summed E-state index contributed by atoms with van der Waals surface area (Å²) in [5, 5.41) is 4.17. The van der Waals surface area contributed by atoms with Crippen LogP contribution in [0, 0.1) is 6.92 Å². The molecule has 1 heterocycles. The van der Waals surface area contributed by atoms with Gasteiger partial charge in [-0.1, -0.05) is 54.6 Å². The van der Waals surface area contributed by atoms with Crippen LogP contribution in [0.1, 0.15) is 16.7 Å². The Morgan fingerprint density at radius 1 is 1.00 bits per heavy atom. The van der Waals surface area contributed by atoms with E-state index in [1.54, 1.807) is 6.21 Å². The number of nitrogens with zero attached hydrogens (tertiary/aromatic N) is 2. The molecule has 0 aliphatic rings. The van der Waals surface area contributed by atoms with E-state index in [2.05, 4.69) is 39.6 Å². The van der Waals surface area contributed by atoms with Crippen molar-refractivity contribution in [1.82, 2.24) is 9.97 Å². The van der Waals surface area contributed by atoms with Crippen molar-refractivity contribution in [2.75, 3.05) is 5.43 Å². The maximum Gasteiger partial charge on any atom is 0.252 e. The number of nitrogens with one attached hydrogen (secondary N) is 2. The van der Waals surface area contributed by atoms with Gasteiger partial charge in [-0.3, -0.25) is 9.78 Å². The topological polar surface area (TPSA) is 79.4 Å². The zero-order chi connectivity index (χ0) is 21.5. The molecule has 0 aliphatic heterocycles. The van der Waals surface area contributed by atoms with Gasteiger partial charge in [0.1, 0.15) is 12.4 Å². The first kappa shape index (κ1) is 20.1. The number of anilines is 1. The second-order valence-electron chi connectivity index (χ2n) is 7.00. The van der Waals surface area contributed by atoms with E-state index in [0.717, 1.165) is 22.4 Å². The lowest BCUT2D eigenvalue weighted by atomic mass is 10.1. The van der Waals surface area contributed by atoms with Crippen LogP contribution in [0.25, 0.3) is 11.3 Å². The Morgan fingerprint density at radius 2 is 1.74 bits per heavy atom. The van der Waals surface area contributed by atoms with E-state index in [-0.39, 0.29) is 11.5 Å². The minimum atomic E-state index is -0.248. The van der Waals surface area contributed by atoms with E-state index in [0.29, 0.717) is 12.3 Å². The summed E-state index contributed by atoms with van der Waals surface area (Å²) in [5.41, 5.74) is 7.24. The fraction of sp³-hybridized carbons (Fsp3) is 0.0800. The number of aromatic amines is 1. The molecule has 4 rings (SSSR count). The van der Waals surface area contributed by atoms with Crippen LogP contribution in [-0.2, 0) is 6.61 Å². The lowest BCUT2D eigenvalue weighted by molar-refractivity contribution is 0.305. The van der Waals surface area contributed by atoms with Crippen LogP contribution < -0.4 is 15.7 Å². The lowest BCUT2D eigenvalue weighted by Crippen LogP contribution is -2.10. The first-order valence-electron chi connectivity index (χ1n) is 9.90. The largest absolute Gasteiger partial charge is 0.489 e. The van der Waals surface area contributed by atoms with Crippen molar-refractivity contribution in [3.05, 3.63) is 112 Å². The van der Waals surface area contributed by atoms with Crippen molar-refractivity contribution in [3.8, 4) is 17.0 Å².